The summed E-state index contributed by atoms with van der Waals surface area (Å²) in [7, 11) is 0. The minimum Gasteiger partial charge on any atom is -0.394 e. The van der Waals surface area contributed by atoms with E-state index in [9.17, 15) is 15.3 Å². The van der Waals surface area contributed by atoms with Gasteiger partial charge in [0.2, 0.25) is 5.79 Å². The van der Waals surface area contributed by atoms with Crippen LogP contribution in [0.25, 0.3) is 0 Å². The fourth-order valence-electron chi connectivity index (χ4n) is 1.36. The molecule has 0 spiro atoms. The van der Waals surface area contributed by atoms with Crippen molar-refractivity contribution in [3.63, 3.8) is 0 Å². The van der Waals surface area contributed by atoms with Gasteiger partial charge >= 0.3 is 0 Å². The highest BCUT2D eigenvalue weighted by molar-refractivity contribution is 4.97. The number of rotatable bonds is 3. The van der Waals surface area contributed by atoms with Crippen molar-refractivity contribution < 1.29 is 35.4 Å². The Hall–Kier alpha value is -0.280. The third-order valence-electron chi connectivity index (χ3n) is 2.26. The molecular weight excluding hydrogens is 196 g/mol. The molecule has 7 nitrogen and oxygen atoms in total. The minimum atomic E-state index is -2.29. The Morgan fingerprint density at radius 3 is 2.21 bits per heavy atom. The maximum absolute atomic E-state index is 9.38. The van der Waals surface area contributed by atoms with Crippen molar-refractivity contribution in [1.29, 1.82) is 0 Å². The molecule has 1 heterocycles. The van der Waals surface area contributed by atoms with E-state index >= 15 is 0 Å². The summed E-state index contributed by atoms with van der Waals surface area (Å²) in [4.78, 5) is 0. The highest BCUT2D eigenvalue weighted by atomic mass is 16.7. The molecule has 1 aliphatic rings. The Kier molecular flexibility index (Phi) is 3.43. The zero-order valence-corrected chi connectivity index (χ0v) is 7.32. The summed E-state index contributed by atoms with van der Waals surface area (Å²) in [5.41, 5.74) is 0. The van der Waals surface area contributed by atoms with Crippen LogP contribution in [-0.4, -0.2) is 74.1 Å². The molecule has 1 fully saturated rings. The number of aliphatic hydroxyl groups is 6. The maximum Gasteiger partial charge on any atom is 0.219 e. The van der Waals surface area contributed by atoms with Crippen LogP contribution in [0.5, 0.6) is 0 Å². The molecule has 0 aliphatic carbocycles. The van der Waals surface area contributed by atoms with Gasteiger partial charge in [0.05, 0.1) is 13.2 Å². The monoisotopic (exact) mass is 210 g/mol. The predicted octanol–water partition coefficient (Wildman–Crippen LogP) is -3.86. The van der Waals surface area contributed by atoms with Crippen LogP contribution in [-0.2, 0) is 4.74 Å². The van der Waals surface area contributed by atoms with E-state index in [1.165, 1.54) is 0 Å². The first-order valence-electron chi connectivity index (χ1n) is 4.12. The van der Waals surface area contributed by atoms with Gasteiger partial charge < -0.3 is 35.4 Å². The molecule has 7 heteroatoms. The second-order valence-corrected chi connectivity index (χ2v) is 3.27. The second-order valence-electron chi connectivity index (χ2n) is 3.27. The molecule has 0 unspecified atom stereocenters. The smallest absolute Gasteiger partial charge is 0.219 e. The molecule has 6 N–H and O–H groups in total. The molecule has 0 saturated carbocycles. The van der Waals surface area contributed by atoms with Crippen LogP contribution < -0.4 is 0 Å². The topological polar surface area (TPSA) is 131 Å². The summed E-state index contributed by atoms with van der Waals surface area (Å²) in [6.07, 6.45) is -6.04. The lowest BCUT2D eigenvalue weighted by Gasteiger charge is -2.23. The van der Waals surface area contributed by atoms with Crippen molar-refractivity contribution in [2.24, 2.45) is 0 Å². The summed E-state index contributed by atoms with van der Waals surface area (Å²) in [6, 6.07) is 0. The third kappa shape index (κ3) is 1.75. The fraction of sp³-hybridized carbons (Fsp3) is 1.00. The van der Waals surface area contributed by atoms with Gasteiger partial charge in [-0.05, 0) is 0 Å². The van der Waals surface area contributed by atoms with Gasteiger partial charge in [-0.25, -0.2) is 0 Å². The number of ether oxygens (including phenoxy) is 1. The fourth-order valence-corrected chi connectivity index (χ4v) is 1.36. The van der Waals surface area contributed by atoms with Crippen molar-refractivity contribution in [1.82, 2.24) is 0 Å². The molecule has 0 bridgehead atoms. The van der Waals surface area contributed by atoms with Crippen LogP contribution in [0.2, 0.25) is 0 Å². The van der Waals surface area contributed by atoms with Gasteiger partial charge in [0.15, 0.2) is 0 Å². The quantitative estimate of drug-likeness (QED) is 0.281. The van der Waals surface area contributed by atoms with Gasteiger partial charge in [0.25, 0.3) is 0 Å². The largest absolute Gasteiger partial charge is 0.394 e. The number of hydrogen-bond acceptors (Lipinski definition) is 7. The van der Waals surface area contributed by atoms with E-state index in [4.69, 9.17) is 15.3 Å². The van der Waals surface area contributed by atoms with Crippen LogP contribution in [0.1, 0.15) is 0 Å². The van der Waals surface area contributed by atoms with E-state index < -0.39 is 43.4 Å². The molecule has 0 aromatic carbocycles. The zero-order chi connectivity index (χ0) is 10.9. The van der Waals surface area contributed by atoms with Gasteiger partial charge in [-0.1, -0.05) is 0 Å². The average Bonchev–Trinajstić information content (AvgIpc) is 2.43. The maximum atomic E-state index is 9.38. The summed E-state index contributed by atoms with van der Waals surface area (Å²) in [5, 5.41) is 54.3. The van der Waals surface area contributed by atoms with E-state index in [0.717, 1.165) is 0 Å². The van der Waals surface area contributed by atoms with Gasteiger partial charge in [-0.15, -0.1) is 0 Å². The Morgan fingerprint density at radius 2 is 1.86 bits per heavy atom. The van der Waals surface area contributed by atoms with Crippen molar-refractivity contribution >= 4 is 0 Å². The normalized spacial score (nSPS) is 45.4. The van der Waals surface area contributed by atoms with E-state index in [2.05, 4.69) is 4.74 Å². The Labute approximate surface area is 79.8 Å². The van der Waals surface area contributed by atoms with E-state index in [1.54, 1.807) is 0 Å². The molecule has 0 aromatic heterocycles. The average molecular weight is 210 g/mol. The first kappa shape index (κ1) is 11.8. The number of hydrogen-bond donors (Lipinski definition) is 6. The standard InChI is InChI=1S/C7H14O7/c8-1-3(10)5-4(11)6(12)7(13,2-9)14-5/h3-6,8-13H,1-2H2/t3-,4-,5-,6+,7-/m1/s1. The predicted molar refractivity (Wildman–Crippen MR) is 42.0 cm³/mol. The lowest BCUT2D eigenvalue weighted by atomic mass is 10.0. The molecule has 14 heavy (non-hydrogen) atoms. The van der Waals surface area contributed by atoms with Crippen LogP contribution in [0, 0.1) is 0 Å². The lowest BCUT2D eigenvalue weighted by Crippen LogP contribution is -2.46. The Morgan fingerprint density at radius 1 is 1.29 bits per heavy atom. The van der Waals surface area contributed by atoms with Crippen LogP contribution in [0.4, 0.5) is 0 Å². The summed E-state index contributed by atoms with van der Waals surface area (Å²) in [5.74, 6) is -2.29. The summed E-state index contributed by atoms with van der Waals surface area (Å²) < 4.78 is 4.67. The van der Waals surface area contributed by atoms with Gasteiger partial charge in [-0.3, -0.25) is 0 Å². The van der Waals surface area contributed by atoms with E-state index in [1.807, 2.05) is 0 Å². The van der Waals surface area contributed by atoms with Crippen molar-refractivity contribution in [2.75, 3.05) is 13.2 Å². The molecular formula is C7H14O7. The van der Waals surface area contributed by atoms with Crippen molar-refractivity contribution in [3.8, 4) is 0 Å². The molecule has 1 saturated heterocycles. The summed E-state index contributed by atoms with van der Waals surface area (Å²) in [6.45, 7) is -1.60. The minimum absolute atomic E-state index is 0.685. The molecule has 1 aliphatic heterocycles. The molecule has 0 aromatic rings. The first-order chi connectivity index (χ1) is 6.46. The highest BCUT2D eigenvalue weighted by Crippen LogP contribution is 2.30. The second kappa shape index (κ2) is 4.07. The zero-order valence-electron chi connectivity index (χ0n) is 7.32. The van der Waals surface area contributed by atoms with Crippen molar-refractivity contribution in [2.45, 2.75) is 30.2 Å². The van der Waals surface area contributed by atoms with Crippen molar-refractivity contribution in [3.05, 3.63) is 0 Å². The molecule has 0 amide bonds. The highest BCUT2D eigenvalue weighted by Gasteiger charge is 2.54. The van der Waals surface area contributed by atoms with Gasteiger partial charge in [0.1, 0.15) is 24.4 Å². The van der Waals surface area contributed by atoms with E-state index in [0.29, 0.717) is 0 Å². The Bertz CT molecular complexity index is 198. The van der Waals surface area contributed by atoms with Gasteiger partial charge in [0, 0.05) is 0 Å². The molecule has 84 valence electrons. The first-order valence-corrected chi connectivity index (χ1v) is 4.12. The molecule has 1 rings (SSSR count). The SMILES string of the molecule is OC[C@@H](O)[C@H]1O[C@](O)(CO)[C@@H](O)[C@@H]1O. The Balaban J connectivity index is 2.76. The molecule has 5 atom stereocenters. The lowest BCUT2D eigenvalue weighted by molar-refractivity contribution is -0.254. The van der Waals surface area contributed by atoms with Crippen LogP contribution in [0.3, 0.4) is 0 Å². The van der Waals surface area contributed by atoms with E-state index in [-0.39, 0.29) is 0 Å². The van der Waals surface area contributed by atoms with Crippen LogP contribution in [0.15, 0.2) is 0 Å². The van der Waals surface area contributed by atoms with Gasteiger partial charge in [-0.2, -0.15) is 0 Å². The summed E-state index contributed by atoms with van der Waals surface area (Å²) >= 11 is 0. The third-order valence-corrected chi connectivity index (χ3v) is 2.26. The van der Waals surface area contributed by atoms with Crippen LogP contribution >= 0.6 is 0 Å². The number of aliphatic hydroxyl groups excluding tert-OH is 5. The molecule has 0 radical (unpaired) electrons.